The van der Waals surface area contributed by atoms with Crippen LogP contribution in [-0.2, 0) is 19.1 Å². The number of amides is 2. The number of carbonyl (C=O) groups is 3. The molecule has 2 fully saturated rings. The van der Waals surface area contributed by atoms with Gasteiger partial charge in [-0.25, -0.2) is 9.80 Å². The maximum Gasteiger partial charge on any atom is 0.338 e. The Labute approximate surface area is 194 Å². The lowest BCUT2D eigenvalue weighted by molar-refractivity contribution is -0.384. The standard InChI is InChI=1S/C23H22N4O7/c1-2-34-23(30)16-4-6-17(7-5-16)26-22(29)18(21(28)24-26)13-15-3-8-19(20(14-15)27(31)32)25-9-11-33-12-10-25/h3-8,13-14H,2,9-12H2,1H3,(H,24,28)/b18-13-. The Hall–Kier alpha value is -4.25. The SMILES string of the molecule is CCOC(=O)c1ccc(N2NC(=O)/C(=C/c3ccc(N4CCOCC4)c([N+](=O)[O-])c3)C2=O)cc1. The minimum atomic E-state index is -0.639. The molecule has 0 atom stereocenters. The van der Waals surface area contributed by atoms with E-state index in [1.165, 1.54) is 36.4 Å². The summed E-state index contributed by atoms with van der Waals surface area (Å²) in [5.74, 6) is -1.75. The Balaban J connectivity index is 1.58. The third-order valence-electron chi connectivity index (χ3n) is 5.39. The van der Waals surface area contributed by atoms with E-state index in [9.17, 15) is 24.5 Å². The maximum absolute atomic E-state index is 12.9. The topological polar surface area (TPSA) is 131 Å². The number of esters is 1. The molecule has 0 bridgehead atoms. The fraction of sp³-hybridized carbons (Fsp3) is 0.261. The smallest absolute Gasteiger partial charge is 0.338 e. The highest BCUT2D eigenvalue weighted by atomic mass is 16.6. The van der Waals surface area contributed by atoms with Crippen LogP contribution < -0.4 is 15.3 Å². The van der Waals surface area contributed by atoms with Gasteiger partial charge in [-0.15, -0.1) is 0 Å². The maximum atomic E-state index is 12.9. The summed E-state index contributed by atoms with van der Waals surface area (Å²) < 4.78 is 10.2. The first kappa shape index (κ1) is 22.9. The number of nitrogens with one attached hydrogen (secondary N) is 1. The van der Waals surface area contributed by atoms with Crippen LogP contribution in [0.3, 0.4) is 0 Å². The zero-order valence-electron chi connectivity index (χ0n) is 18.4. The Bertz CT molecular complexity index is 1170. The lowest BCUT2D eigenvalue weighted by atomic mass is 10.1. The molecule has 4 rings (SSSR count). The van der Waals surface area contributed by atoms with Gasteiger partial charge < -0.3 is 14.4 Å². The van der Waals surface area contributed by atoms with E-state index < -0.39 is 22.7 Å². The highest BCUT2D eigenvalue weighted by Crippen LogP contribution is 2.31. The average molecular weight is 466 g/mol. The van der Waals surface area contributed by atoms with Crippen LogP contribution in [0.15, 0.2) is 48.0 Å². The largest absolute Gasteiger partial charge is 0.462 e. The van der Waals surface area contributed by atoms with Gasteiger partial charge >= 0.3 is 5.97 Å². The number of benzene rings is 2. The molecule has 0 radical (unpaired) electrons. The Morgan fingerprint density at radius 3 is 2.53 bits per heavy atom. The van der Waals surface area contributed by atoms with Crippen molar-refractivity contribution in [3.63, 3.8) is 0 Å². The second-order valence-electron chi connectivity index (χ2n) is 7.51. The van der Waals surface area contributed by atoms with Crippen LogP contribution in [0.1, 0.15) is 22.8 Å². The second-order valence-corrected chi connectivity index (χ2v) is 7.51. The molecule has 34 heavy (non-hydrogen) atoms. The predicted molar refractivity (Wildman–Crippen MR) is 122 cm³/mol. The Kier molecular flexibility index (Phi) is 6.55. The normalized spacial score (nSPS) is 17.1. The number of nitro benzene ring substituents is 1. The van der Waals surface area contributed by atoms with E-state index >= 15 is 0 Å². The second kappa shape index (κ2) is 9.71. The van der Waals surface area contributed by atoms with Gasteiger partial charge in [0.1, 0.15) is 11.3 Å². The first-order valence-corrected chi connectivity index (χ1v) is 10.6. The minimum Gasteiger partial charge on any atom is -0.462 e. The first-order valence-electron chi connectivity index (χ1n) is 10.6. The molecular formula is C23H22N4O7. The van der Waals surface area contributed by atoms with E-state index in [0.717, 1.165) is 5.01 Å². The van der Waals surface area contributed by atoms with Gasteiger partial charge in [0.2, 0.25) is 0 Å². The van der Waals surface area contributed by atoms with Crippen LogP contribution in [-0.4, -0.2) is 55.6 Å². The summed E-state index contributed by atoms with van der Waals surface area (Å²) in [5.41, 5.74) is 3.66. The highest BCUT2D eigenvalue weighted by molar-refractivity contribution is 6.31. The van der Waals surface area contributed by atoms with E-state index in [-0.39, 0.29) is 17.9 Å². The average Bonchev–Trinajstić information content (AvgIpc) is 3.13. The van der Waals surface area contributed by atoms with Crippen molar-refractivity contribution < 1.29 is 28.8 Å². The van der Waals surface area contributed by atoms with Gasteiger partial charge in [-0.3, -0.25) is 25.1 Å². The molecule has 2 aromatic rings. The van der Waals surface area contributed by atoms with E-state index in [2.05, 4.69) is 5.43 Å². The number of anilines is 2. The minimum absolute atomic E-state index is 0.117. The zero-order valence-corrected chi connectivity index (χ0v) is 18.4. The van der Waals surface area contributed by atoms with Crippen LogP contribution >= 0.6 is 0 Å². The van der Waals surface area contributed by atoms with Crippen LogP contribution in [0.25, 0.3) is 6.08 Å². The summed E-state index contributed by atoms with van der Waals surface area (Å²) in [7, 11) is 0. The third kappa shape index (κ3) is 4.59. The summed E-state index contributed by atoms with van der Waals surface area (Å²) in [6.45, 7) is 3.96. The van der Waals surface area contributed by atoms with E-state index in [0.29, 0.717) is 48.8 Å². The zero-order chi connectivity index (χ0) is 24.2. The van der Waals surface area contributed by atoms with Gasteiger partial charge in [0.25, 0.3) is 17.5 Å². The van der Waals surface area contributed by atoms with Crippen molar-refractivity contribution >= 4 is 40.9 Å². The fourth-order valence-electron chi connectivity index (χ4n) is 3.72. The van der Waals surface area contributed by atoms with Gasteiger partial charge in [0, 0.05) is 19.2 Å². The molecule has 2 amide bonds. The van der Waals surface area contributed by atoms with Crippen molar-refractivity contribution in [1.82, 2.24) is 5.43 Å². The number of hydrogen-bond donors (Lipinski definition) is 1. The Morgan fingerprint density at radius 1 is 1.18 bits per heavy atom. The summed E-state index contributed by atoms with van der Waals surface area (Å²) in [5, 5.41) is 12.7. The molecule has 0 aromatic heterocycles. The number of rotatable bonds is 6. The highest BCUT2D eigenvalue weighted by Gasteiger charge is 2.34. The van der Waals surface area contributed by atoms with E-state index in [1.807, 2.05) is 4.90 Å². The van der Waals surface area contributed by atoms with Gasteiger partial charge in [-0.1, -0.05) is 6.07 Å². The molecule has 0 saturated carbocycles. The number of ether oxygens (including phenoxy) is 2. The molecule has 11 nitrogen and oxygen atoms in total. The quantitative estimate of drug-likeness (QED) is 0.225. The van der Waals surface area contributed by atoms with Crippen molar-refractivity contribution in [3.05, 3.63) is 69.3 Å². The van der Waals surface area contributed by atoms with Gasteiger partial charge in [0.05, 0.1) is 36.0 Å². The summed E-state index contributed by atoms with van der Waals surface area (Å²) in [6.07, 6.45) is 1.32. The van der Waals surface area contributed by atoms with Crippen LogP contribution in [0.5, 0.6) is 0 Å². The molecule has 0 spiro atoms. The molecule has 1 N–H and O–H groups in total. The van der Waals surface area contributed by atoms with Crippen molar-refractivity contribution in [3.8, 4) is 0 Å². The molecular weight excluding hydrogens is 444 g/mol. The van der Waals surface area contributed by atoms with Crippen LogP contribution in [0.4, 0.5) is 17.1 Å². The monoisotopic (exact) mass is 466 g/mol. The van der Waals surface area contributed by atoms with E-state index in [1.54, 1.807) is 19.1 Å². The molecule has 2 aromatic carbocycles. The molecule has 0 aliphatic carbocycles. The lowest BCUT2D eigenvalue weighted by Gasteiger charge is -2.28. The number of morpholine rings is 1. The molecule has 2 saturated heterocycles. The third-order valence-corrected chi connectivity index (χ3v) is 5.39. The number of hydrazine groups is 1. The molecule has 176 valence electrons. The first-order chi connectivity index (χ1) is 16.4. The summed E-state index contributed by atoms with van der Waals surface area (Å²) in [4.78, 5) is 50.3. The molecule has 2 aliphatic rings. The summed E-state index contributed by atoms with van der Waals surface area (Å²) in [6, 6.07) is 10.6. The number of nitrogens with zero attached hydrogens (tertiary/aromatic N) is 3. The van der Waals surface area contributed by atoms with Gasteiger partial charge in [0.15, 0.2) is 0 Å². The summed E-state index contributed by atoms with van der Waals surface area (Å²) >= 11 is 0. The fourth-order valence-corrected chi connectivity index (χ4v) is 3.72. The lowest BCUT2D eigenvalue weighted by Crippen LogP contribution is -2.36. The van der Waals surface area contributed by atoms with Gasteiger partial charge in [-0.05, 0) is 48.9 Å². The number of hydrogen-bond acceptors (Lipinski definition) is 8. The number of nitro groups is 1. The molecule has 0 unspecified atom stereocenters. The van der Waals surface area contributed by atoms with E-state index in [4.69, 9.17) is 9.47 Å². The molecule has 2 heterocycles. The van der Waals surface area contributed by atoms with Gasteiger partial charge in [-0.2, -0.15) is 0 Å². The van der Waals surface area contributed by atoms with Crippen LogP contribution in [0, 0.1) is 10.1 Å². The molecule has 2 aliphatic heterocycles. The molecule has 11 heteroatoms. The van der Waals surface area contributed by atoms with Crippen LogP contribution in [0.2, 0.25) is 0 Å². The van der Waals surface area contributed by atoms with Crippen molar-refractivity contribution in [1.29, 1.82) is 0 Å². The van der Waals surface area contributed by atoms with Crippen molar-refractivity contribution in [2.24, 2.45) is 0 Å². The van der Waals surface area contributed by atoms with Crippen molar-refractivity contribution in [2.45, 2.75) is 6.92 Å². The predicted octanol–water partition coefficient (Wildman–Crippen LogP) is 2.07. The Morgan fingerprint density at radius 2 is 1.88 bits per heavy atom. The van der Waals surface area contributed by atoms with Crippen molar-refractivity contribution in [2.75, 3.05) is 42.8 Å². The number of carbonyl (C=O) groups excluding carboxylic acids is 3.